The number of nitrogens with zero attached hydrogens (tertiary/aromatic N) is 1. The highest BCUT2D eigenvalue weighted by atomic mass is 32.2. The molecule has 0 unspecified atom stereocenters. The van der Waals surface area contributed by atoms with Crippen LogP contribution in [0.25, 0.3) is 0 Å². The maximum atomic E-state index is 11.9. The Labute approximate surface area is 152 Å². The van der Waals surface area contributed by atoms with Crippen molar-refractivity contribution in [3.63, 3.8) is 0 Å². The summed E-state index contributed by atoms with van der Waals surface area (Å²) in [7, 11) is -1.61. The molecule has 0 atom stereocenters. The summed E-state index contributed by atoms with van der Waals surface area (Å²) in [6.45, 7) is 13.0. The van der Waals surface area contributed by atoms with Crippen LogP contribution in [-0.2, 0) is 14.6 Å². The second-order valence-electron chi connectivity index (χ2n) is 8.32. The van der Waals surface area contributed by atoms with E-state index in [1.165, 1.54) is 6.26 Å². The molecule has 25 heavy (non-hydrogen) atoms. The van der Waals surface area contributed by atoms with Crippen LogP contribution in [0, 0.1) is 0 Å². The van der Waals surface area contributed by atoms with Crippen molar-refractivity contribution in [1.82, 2.24) is 16.0 Å². The van der Waals surface area contributed by atoms with Crippen molar-refractivity contribution in [2.45, 2.75) is 64.4 Å². The normalized spacial score (nSPS) is 14.0. The quantitative estimate of drug-likeness (QED) is 0.474. The third kappa shape index (κ3) is 9.52. The third-order valence-electron chi connectivity index (χ3n) is 3.45. The highest BCUT2D eigenvalue weighted by Crippen LogP contribution is 2.13. The van der Waals surface area contributed by atoms with Crippen LogP contribution in [-0.4, -0.2) is 62.8 Å². The summed E-state index contributed by atoms with van der Waals surface area (Å²) in [4.78, 5) is 16.0. The fourth-order valence-corrected chi connectivity index (χ4v) is 1.91. The number of hydrogen-bond donors (Lipinski definition) is 3. The molecule has 0 aliphatic heterocycles. The van der Waals surface area contributed by atoms with E-state index in [-0.39, 0.29) is 6.54 Å². The maximum absolute atomic E-state index is 11.9. The zero-order valence-corrected chi connectivity index (χ0v) is 17.7. The van der Waals surface area contributed by atoms with E-state index in [0.717, 1.165) is 0 Å². The number of guanidine groups is 1. The molecule has 0 saturated carbocycles. The van der Waals surface area contributed by atoms with E-state index in [4.69, 9.17) is 4.74 Å². The van der Waals surface area contributed by atoms with Crippen LogP contribution >= 0.6 is 0 Å². The first-order chi connectivity index (χ1) is 11.0. The first kappa shape index (κ1) is 23.5. The number of hydrogen-bond acceptors (Lipinski definition) is 5. The van der Waals surface area contributed by atoms with Gasteiger partial charge in [-0.05, 0) is 48.5 Å². The smallest absolute Gasteiger partial charge is 0.408 e. The fraction of sp³-hybridized carbons (Fsp3) is 0.875. The average molecular weight is 379 g/mol. The van der Waals surface area contributed by atoms with Gasteiger partial charge in [-0.1, -0.05) is 0 Å². The van der Waals surface area contributed by atoms with Crippen molar-refractivity contribution >= 4 is 21.9 Å². The summed E-state index contributed by atoms with van der Waals surface area (Å²) in [5, 5.41) is 8.86. The molecule has 0 aromatic heterocycles. The van der Waals surface area contributed by atoms with Gasteiger partial charge in [0.2, 0.25) is 0 Å². The van der Waals surface area contributed by atoms with Gasteiger partial charge in [0, 0.05) is 26.4 Å². The average Bonchev–Trinajstić information content (AvgIpc) is 2.34. The van der Waals surface area contributed by atoms with Gasteiger partial charge in [-0.3, -0.25) is 4.99 Å². The highest BCUT2D eigenvalue weighted by Gasteiger charge is 2.30. The number of carbonyl (C=O) groups is 1. The van der Waals surface area contributed by atoms with Gasteiger partial charge in [-0.15, -0.1) is 0 Å². The Morgan fingerprint density at radius 3 is 1.88 bits per heavy atom. The fourth-order valence-electron chi connectivity index (χ4n) is 1.58. The van der Waals surface area contributed by atoms with Crippen molar-refractivity contribution in [2.24, 2.45) is 4.99 Å². The van der Waals surface area contributed by atoms with Gasteiger partial charge >= 0.3 is 6.09 Å². The first-order valence-electron chi connectivity index (χ1n) is 8.14. The molecule has 9 heteroatoms. The Morgan fingerprint density at radius 1 is 1.00 bits per heavy atom. The van der Waals surface area contributed by atoms with Crippen LogP contribution in [0.2, 0.25) is 0 Å². The zero-order chi connectivity index (χ0) is 20.1. The largest absolute Gasteiger partial charge is 0.444 e. The van der Waals surface area contributed by atoms with E-state index in [0.29, 0.717) is 12.5 Å². The lowest BCUT2D eigenvalue weighted by atomic mass is 10.1. The number of nitrogens with one attached hydrogen (secondary N) is 3. The second-order valence-corrected chi connectivity index (χ2v) is 11.0. The molecule has 0 aromatic carbocycles. The summed E-state index contributed by atoms with van der Waals surface area (Å²) in [5.74, 6) is 0.454. The maximum Gasteiger partial charge on any atom is 0.408 e. The molecule has 0 heterocycles. The molecule has 0 radical (unpaired) electrons. The van der Waals surface area contributed by atoms with E-state index >= 15 is 0 Å². The first-order valence-corrected chi connectivity index (χ1v) is 10.0. The minimum Gasteiger partial charge on any atom is -0.444 e. The zero-order valence-electron chi connectivity index (χ0n) is 16.9. The van der Waals surface area contributed by atoms with Gasteiger partial charge in [0.15, 0.2) is 15.8 Å². The van der Waals surface area contributed by atoms with Crippen LogP contribution in [0.4, 0.5) is 4.79 Å². The monoisotopic (exact) mass is 378 g/mol. The molecule has 1 amide bonds. The highest BCUT2D eigenvalue weighted by molar-refractivity contribution is 7.92. The Bertz CT molecular complexity index is 590. The predicted octanol–water partition coefficient (Wildman–Crippen LogP) is 1.28. The molecular formula is C16H34N4O4S. The van der Waals surface area contributed by atoms with Crippen molar-refractivity contribution in [1.29, 1.82) is 0 Å². The molecule has 0 aromatic rings. The number of rotatable bonds is 6. The number of alkyl carbamates (subject to hydrolysis) is 1. The van der Waals surface area contributed by atoms with E-state index in [2.05, 4.69) is 20.9 Å². The van der Waals surface area contributed by atoms with Gasteiger partial charge in [0.1, 0.15) is 5.60 Å². The van der Waals surface area contributed by atoms with Crippen LogP contribution in [0.3, 0.4) is 0 Å². The molecular weight excluding hydrogens is 344 g/mol. The molecule has 0 aliphatic rings. The van der Waals surface area contributed by atoms with Crippen LogP contribution in [0.5, 0.6) is 0 Å². The Balaban J connectivity index is 4.63. The SMILES string of the molecule is CN=C(NCC(C)(C)NC(=O)OC(C)(C)C)NCC(C)(C)S(C)(=O)=O. The van der Waals surface area contributed by atoms with E-state index in [1.54, 1.807) is 41.7 Å². The van der Waals surface area contributed by atoms with Gasteiger partial charge in [0.25, 0.3) is 0 Å². The van der Waals surface area contributed by atoms with Crippen molar-refractivity contribution in [2.75, 3.05) is 26.4 Å². The van der Waals surface area contributed by atoms with E-state index < -0.39 is 31.8 Å². The van der Waals surface area contributed by atoms with Crippen LogP contribution < -0.4 is 16.0 Å². The number of ether oxygens (including phenoxy) is 1. The van der Waals surface area contributed by atoms with Gasteiger partial charge in [0.05, 0.1) is 10.3 Å². The summed E-state index contributed by atoms with van der Waals surface area (Å²) in [6.07, 6.45) is 0.708. The number of amides is 1. The lowest BCUT2D eigenvalue weighted by molar-refractivity contribution is 0.0474. The minimum absolute atomic E-state index is 0.214. The summed E-state index contributed by atoms with van der Waals surface area (Å²) < 4.78 is 27.8. The number of carbonyl (C=O) groups excluding carboxylic acids is 1. The van der Waals surface area contributed by atoms with Crippen molar-refractivity contribution in [3.05, 3.63) is 0 Å². The molecule has 0 rings (SSSR count). The van der Waals surface area contributed by atoms with Gasteiger partial charge < -0.3 is 20.7 Å². The third-order valence-corrected chi connectivity index (χ3v) is 5.60. The molecule has 0 aliphatic carbocycles. The topological polar surface area (TPSA) is 109 Å². The van der Waals surface area contributed by atoms with Crippen molar-refractivity contribution in [3.8, 4) is 0 Å². The number of aliphatic imine (C=N–C) groups is 1. The molecule has 0 spiro atoms. The molecule has 0 bridgehead atoms. The summed E-state index contributed by atoms with van der Waals surface area (Å²) >= 11 is 0. The van der Waals surface area contributed by atoms with Crippen molar-refractivity contribution < 1.29 is 17.9 Å². The van der Waals surface area contributed by atoms with Crippen LogP contribution in [0.1, 0.15) is 48.5 Å². The summed E-state index contributed by atoms with van der Waals surface area (Å²) in [5.41, 5.74) is -1.16. The minimum atomic E-state index is -3.20. The molecule has 8 nitrogen and oxygen atoms in total. The molecule has 0 saturated heterocycles. The molecule has 148 valence electrons. The Morgan fingerprint density at radius 2 is 1.48 bits per heavy atom. The standard InChI is InChI=1S/C16H34N4O4S/c1-14(2,3)24-13(21)20-15(4,5)10-18-12(17-8)19-11-16(6,7)25(9,22)23/h10-11H2,1-9H3,(H,20,21)(H2,17,18,19). The van der Waals surface area contributed by atoms with E-state index in [9.17, 15) is 13.2 Å². The lowest BCUT2D eigenvalue weighted by Crippen LogP contribution is -2.55. The Kier molecular flexibility index (Phi) is 7.75. The van der Waals surface area contributed by atoms with E-state index in [1.807, 2.05) is 13.8 Å². The number of sulfone groups is 1. The van der Waals surface area contributed by atoms with Crippen LogP contribution in [0.15, 0.2) is 4.99 Å². The Hall–Kier alpha value is -1.51. The lowest BCUT2D eigenvalue weighted by Gasteiger charge is -2.30. The summed E-state index contributed by atoms with van der Waals surface area (Å²) in [6, 6.07) is 0. The second kappa shape index (κ2) is 8.25. The predicted molar refractivity (Wildman–Crippen MR) is 102 cm³/mol. The van der Waals surface area contributed by atoms with Gasteiger partial charge in [-0.25, -0.2) is 13.2 Å². The van der Waals surface area contributed by atoms with Gasteiger partial charge in [-0.2, -0.15) is 0 Å². The molecule has 0 fully saturated rings. The molecule has 3 N–H and O–H groups in total.